The summed E-state index contributed by atoms with van der Waals surface area (Å²) in [6, 6.07) is 15.6. The van der Waals surface area contributed by atoms with E-state index in [-0.39, 0.29) is 6.54 Å². The van der Waals surface area contributed by atoms with Gasteiger partial charge in [0.2, 0.25) is 15.9 Å². The van der Waals surface area contributed by atoms with Crippen LogP contribution in [0.2, 0.25) is 0 Å². The molecule has 7 nitrogen and oxygen atoms in total. The molecule has 28 heavy (non-hydrogen) atoms. The molecule has 146 valence electrons. The van der Waals surface area contributed by atoms with Crippen LogP contribution in [0.4, 0.5) is 17.1 Å². The summed E-state index contributed by atoms with van der Waals surface area (Å²) in [7, 11) is -3.66. The first kappa shape index (κ1) is 19.7. The van der Waals surface area contributed by atoms with Crippen molar-refractivity contribution in [2.45, 2.75) is 12.8 Å². The quantitative estimate of drug-likeness (QED) is 0.807. The van der Waals surface area contributed by atoms with Gasteiger partial charge in [0.1, 0.15) is 6.54 Å². The molecule has 1 aliphatic rings. The van der Waals surface area contributed by atoms with Gasteiger partial charge in [-0.2, -0.15) is 5.26 Å². The average molecular weight is 398 g/mol. The zero-order valence-corrected chi connectivity index (χ0v) is 16.4. The highest BCUT2D eigenvalue weighted by Gasteiger charge is 2.21. The van der Waals surface area contributed by atoms with Crippen molar-refractivity contribution >= 4 is 33.0 Å². The monoisotopic (exact) mass is 398 g/mol. The second-order valence-corrected chi connectivity index (χ2v) is 8.62. The molecule has 0 spiro atoms. The minimum atomic E-state index is -3.66. The van der Waals surface area contributed by atoms with Gasteiger partial charge in [-0.25, -0.2) is 8.42 Å². The van der Waals surface area contributed by atoms with Crippen LogP contribution in [0.25, 0.3) is 0 Å². The molecule has 0 radical (unpaired) electrons. The van der Waals surface area contributed by atoms with Crippen LogP contribution < -0.4 is 14.5 Å². The summed E-state index contributed by atoms with van der Waals surface area (Å²) < 4.78 is 25.3. The first-order chi connectivity index (χ1) is 13.4. The molecule has 2 aromatic carbocycles. The standard InChI is InChI=1S/C20H22N4O3S/c1-28(26,27)24(19-8-4-16(14-21)5-9-19)15-20(25)22-17-6-10-18(11-7-17)23-12-2-3-13-23/h4-11H,2-3,12-13,15H2,1H3,(H,22,25). The maximum absolute atomic E-state index is 12.4. The van der Waals surface area contributed by atoms with E-state index in [0.29, 0.717) is 16.9 Å². The molecule has 0 aromatic heterocycles. The van der Waals surface area contributed by atoms with Crippen LogP contribution in [-0.4, -0.2) is 40.2 Å². The third-order valence-electron chi connectivity index (χ3n) is 4.59. The number of anilines is 3. The number of nitrogens with one attached hydrogen (secondary N) is 1. The first-order valence-electron chi connectivity index (χ1n) is 8.99. The van der Waals surface area contributed by atoms with Crippen molar-refractivity contribution in [1.82, 2.24) is 0 Å². The van der Waals surface area contributed by atoms with Crippen molar-refractivity contribution in [3.8, 4) is 6.07 Å². The molecule has 1 saturated heterocycles. The van der Waals surface area contributed by atoms with Crippen molar-refractivity contribution in [1.29, 1.82) is 5.26 Å². The number of carbonyl (C=O) groups excluding carboxylic acids is 1. The van der Waals surface area contributed by atoms with Crippen molar-refractivity contribution in [3.63, 3.8) is 0 Å². The van der Waals surface area contributed by atoms with Gasteiger partial charge in [0.05, 0.1) is 23.6 Å². The van der Waals surface area contributed by atoms with Crippen LogP contribution in [0.15, 0.2) is 48.5 Å². The fraction of sp³-hybridized carbons (Fsp3) is 0.300. The summed E-state index contributed by atoms with van der Waals surface area (Å²) in [4.78, 5) is 14.7. The molecule has 0 unspecified atom stereocenters. The van der Waals surface area contributed by atoms with Crippen molar-refractivity contribution < 1.29 is 13.2 Å². The summed E-state index contributed by atoms with van der Waals surface area (Å²) in [5.74, 6) is -0.441. The van der Waals surface area contributed by atoms with Gasteiger partial charge in [0, 0.05) is 24.5 Å². The molecule has 2 aromatic rings. The van der Waals surface area contributed by atoms with E-state index in [0.717, 1.165) is 29.3 Å². The smallest absolute Gasteiger partial charge is 0.245 e. The molecule has 1 aliphatic heterocycles. The van der Waals surface area contributed by atoms with Gasteiger partial charge < -0.3 is 10.2 Å². The SMILES string of the molecule is CS(=O)(=O)N(CC(=O)Nc1ccc(N2CCCC2)cc1)c1ccc(C#N)cc1. The number of hydrogen-bond acceptors (Lipinski definition) is 5. The highest BCUT2D eigenvalue weighted by molar-refractivity contribution is 7.92. The van der Waals surface area contributed by atoms with Crippen LogP contribution >= 0.6 is 0 Å². The molecule has 1 fully saturated rings. The summed E-state index contributed by atoms with van der Waals surface area (Å²) in [5, 5.41) is 11.6. The molecule has 0 aliphatic carbocycles. The predicted molar refractivity (Wildman–Crippen MR) is 110 cm³/mol. The van der Waals surface area contributed by atoms with Gasteiger partial charge in [-0.05, 0) is 61.4 Å². The molecule has 0 bridgehead atoms. The predicted octanol–water partition coefficient (Wildman–Crippen LogP) is 2.56. The van der Waals surface area contributed by atoms with Crippen molar-refractivity contribution in [2.75, 3.05) is 40.4 Å². The fourth-order valence-electron chi connectivity index (χ4n) is 3.16. The summed E-state index contributed by atoms with van der Waals surface area (Å²) in [6.07, 6.45) is 3.42. The lowest BCUT2D eigenvalue weighted by Gasteiger charge is -2.22. The van der Waals surface area contributed by atoms with E-state index in [9.17, 15) is 13.2 Å². The van der Waals surface area contributed by atoms with Gasteiger partial charge in [-0.3, -0.25) is 9.10 Å². The molecular formula is C20H22N4O3S. The Morgan fingerprint density at radius 3 is 2.25 bits per heavy atom. The topological polar surface area (TPSA) is 93.5 Å². The van der Waals surface area contributed by atoms with Crippen molar-refractivity contribution in [3.05, 3.63) is 54.1 Å². The summed E-state index contributed by atoms with van der Waals surface area (Å²) >= 11 is 0. The number of hydrogen-bond donors (Lipinski definition) is 1. The van der Waals surface area contributed by atoms with Crippen LogP contribution in [0.1, 0.15) is 18.4 Å². The third kappa shape index (κ3) is 4.81. The number of rotatable bonds is 6. The molecule has 1 N–H and O–H groups in total. The largest absolute Gasteiger partial charge is 0.372 e. The van der Waals surface area contributed by atoms with Crippen molar-refractivity contribution in [2.24, 2.45) is 0 Å². The average Bonchev–Trinajstić information content (AvgIpc) is 3.21. The minimum absolute atomic E-state index is 0.334. The number of nitrogens with zero attached hydrogens (tertiary/aromatic N) is 3. The van der Waals surface area contributed by atoms with E-state index < -0.39 is 15.9 Å². The van der Waals surface area contributed by atoms with Gasteiger partial charge in [-0.15, -0.1) is 0 Å². The lowest BCUT2D eigenvalue weighted by molar-refractivity contribution is -0.114. The van der Waals surface area contributed by atoms with E-state index in [1.807, 2.05) is 30.3 Å². The van der Waals surface area contributed by atoms with Gasteiger partial charge >= 0.3 is 0 Å². The second kappa shape index (κ2) is 8.31. The van der Waals surface area contributed by atoms with Gasteiger partial charge in [0.25, 0.3) is 0 Å². The molecule has 1 amide bonds. The van der Waals surface area contributed by atoms with Crippen LogP contribution in [0, 0.1) is 11.3 Å². The molecule has 0 atom stereocenters. The van der Waals surface area contributed by atoms with Crippen LogP contribution in [-0.2, 0) is 14.8 Å². The Labute approximate surface area is 165 Å². The minimum Gasteiger partial charge on any atom is -0.372 e. The van der Waals surface area contributed by atoms with E-state index >= 15 is 0 Å². The first-order valence-corrected chi connectivity index (χ1v) is 10.8. The van der Waals surface area contributed by atoms with Gasteiger partial charge in [0.15, 0.2) is 0 Å². The Morgan fingerprint density at radius 2 is 1.71 bits per heavy atom. The highest BCUT2D eigenvalue weighted by atomic mass is 32.2. The second-order valence-electron chi connectivity index (χ2n) is 6.72. The number of carbonyl (C=O) groups is 1. The summed E-state index contributed by atoms with van der Waals surface area (Å²) in [5.41, 5.74) is 2.48. The Kier molecular flexibility index (Phi) is 5.85. The molecular weight excluding hydrogens is 376 g/mol. The van der Waals surface area contributed by atoms with E-state index in [1.165, 1.54) is 37.1 Å². The Balaban J connectivity index is 1.69. The van der Waals surface area contributed by atoms with Crippen LogP contribution in [0.5, 0.6) is 0 Å². The maximum Gasteiger partial charge on any atom is 0.245 e. The Morgan fingerprint density at radius 1 is 1.11 bits per heavy atom. The van der Waals surface area contributed by atoms with E-state index in [4.69, 9.17) is 5.26 Å². The normalized spacial score (nSPS) is 13.8. The number of nitriles is 1. The summed E-state index contributed by atoms with van der Waals surface area (Å²) in [6.45, 7) is 1.73. The lowest BCUT2D eigenvalue weighted by atomic mass is 10.2. The number of amides is 1. The lowest BCUT2D eigenvalue weighted by Crippen LogP contribution is -2.37. The fourth-order valence-corrected chi connectivity index (χ4v) is 4.02. The number of benzene rings is 2. The Hall–Kier alpha value is -3.05. The Bertz CT molecular complexity index is 974. The van der Waals surface area contributed by atoms with Crippen LogP contribution in [0.3, 0.4) is 0 Å². The molecule has 8 heteroatoms. The maximum atomic E-state index is 12.4. The zero-order chi connectivity index (χ0) is 20.1. The molecule has 3 rings (SSSR count). The molecule has 0 saturated carbocycles. The van der Waals surface area contributed by atoms with Gasteiger partial charge in [-0.1, -0.05) is 0 Å². The van der Waals surface area contributed by atoms with E-state index in [2.05, 4.69) is 10.2 Å². The third-order valence-corrected chi connectivity index (χ3v) is 5.73. The highest BCUT2D eigenvalue weighted by Crippen LogP contribution is 2.22. The molecule has 1 heterocycles. The van der Waals surface area contributed by atoms with E-state index in [1.54, 1.807) is 0 Å². The number of sulfonamides is 1. The zero-order valence-electron chi connectivity index (χ0n) is 15.6.